The van der Waals surface area contributed by atoms with E-state index in [2.05, 4.69) is 5.32 Å². The van der Waals surface area contributed by atoms with Gasteiger partial charge in [-0.1, -0.05) is 0 Å². The molecule has 0 aromatic heterocycles. The van der Waals surface area contributed by atoms with Gasteiger partial charge in [-0.05, 0) is 50.8 Å². The molecule has 92 valence electrons. The number of amides is 1. The number of anilines is 1. The number of carbonyl (C=O) groups excluding carboxylic acids is 1. The summed E-state index contributed by atoms with van der Waals surface area (Å²) in [5.74, 6) is -0.861. The molecule has 1 aromatic carbocycles. The molecule has 0 spiro atoms. The van der Waals surface area contributed by atoms with Crippen molar-refractivity contribution in [2.75, 3.05) is 5.73 Å². The maximum absolute atomic E-state index is 13.8. The predicted molar refractivity (Wildman–Crippen MR) is 65.3 cm³/mol. The summed E-state index contributed by atoms with van der Waals surface area (Å²) in [6.07, 6.45) is 3.00. The first-order valence-electron chi connectivity index (χ1n) is 5.79. The minimum atomic E-state index is -0.486. The molecule has 0 atom stereocenters. The minimum Gasteiger partial charge on any atom is -0.399 e. The molecule has 1 aliphatic rings. The Kier molecular flexibility index (Phi) is 2.81. The van der Waals surface area contributed by atoms with E-state index in [9.17, 15) is 9.18 Å². The summed E-state index contributed by atoms with van der Waals surface area (Å²) < 4.78 is 13.8. The fourth-order valence-corrected chi connectivity index (χ4v) is 2.14. The van der Waals surface area contributed by atoms with Crippen LogP contribution in [0.5, 0.6) is 0 Å². The first-order valence-corrected chi connectivity index (χ1v) is 5.79. The first-order chi connectivity index (χ1) is 7.91. The zero-order valence-corrected chi connectivity index (χ0v) is 10.1. The van der Waals surface area contributed by atoms with E-state index in [4.69, 9.17) is 5.73 Å². The highest BCUT2D eigenvalue weighted by Crippen LogP contribution is 2.31. The molecule has 2 rings (SSSR count). The topological polar surface area (TPSA) is 55.1 Å². The molecule has 1 aromatic rings. The number of benzene rings is 1. The fraction of sp³-hybridized carbons (Fsp3) is 0.462. The summed E-state index contributed by atoms with van der Waals surface area (Å²) in [4.78, 5) is 12.0. The number of halogens is 1. The van der Waals surface area contributed by atoms with Gasteiger partial charge in [0.2, 0.25) is 0 Å². The average Bonchev–Trinajstić information content (AvgIpc) is 2.21. The Bertz CT molecular complexity index is 467. The van der Waals surface area contributed by atoms with Crippen LogP contribution in [0.2, 0.25) is 0 Å². The van der Waals surface area contributed by atoms with E-state index in [-0.39, 0.29) is 17.0 Å². The van der Waals surface area contributed by atoms with Gasteiger partial charge < -0.3 is 11.1 Å². The lowest BCUT2D eigenvalue weighted by molar-refractivity contribution is 0.0846. The van der Waals surface area contributed by atoms with E-state index in [1.54, 1.807) is 6.92 Å². The van der Waals surface area contributed by atoms with Gasteiger partial charge >= 0.3 is 0 Å². The largest absolute Gasteiger partial charge is 0.399 e. The van der Waals surface area contributed by atoms with Gasteiger partial charge in [0.25, 0.3) is 5.91 Å². The van der Waals surface area contributed by atoms with Crippen LogP contribution in [0.25, 0.3) is 0 Å². The third kappa shape index (κ3) is 2.25. The van der Waals surface area contributed by atoms with Crippen molar-refractivity contribution in [3.05, 3.63) is 29.1 Å². The molecule has 1 aliphatic carbocycles. The van der Waals surface area contributed by atoms with E-state index in [0.717, 1.165) is 19.3 Å². The lowest BCUT2D eigenvalue weighted by Crippen LogP contribution is -2.51. The Morgan fingerprint density at radius 2 is 2.12 bits per heavy atom. The van der Waals surface area contributed by atoms with Crippen molar-refractivity contribution in [2.45, 2.75) is 38.6 Å². The maximum Gasteiger partial charge on any atom is 0.254 e. The zero-order chi connectivity index (χ0) is 12.6. The van der Waals surface area contributed by atoms with E-state index in [1.165, 1.54) is 12.1 Å². The number of nitrogens with two attached hydrogens (primary N) is 1. The summed E-state index contributed by atoms with van der Waals surface area (Å²) in [6, 6.07) is 2.91. The van der Waals surface area contributed by atoms with E-state index in [1.807, 2.05) is 6.92 Å². The standard InChI is InChI=1S/C13H17FN2O/c1-8-6-9(15)7-10(11(8)14)12(17)16-13(2)4-3-5-13/h6-7H,3-5,15H2,1-2H3,(H,16,17). The van der Waals surface area contributed by atoms with Crippen molar-refractivity contribution in [3.63, 3.8) is 0 Å². The minimum absolute atomic E-state index is 0.0376. The van der Waals surface area contributed by atoms with Crippen LogP contribution in [-0.4, -0.2) is 11.4 Å². The fourth-order valence-electron chi connectivity index (χ4n) is 2.14. The van der Waals surface area contributed by atoms with Crippen LogP contribution in [0.15, 0.2) is 12.1 Å². The molecule has 1 fully saturated rings. The average molecular weight is 236 g/mol. The summed E-state index contributed by atoms with van der Waals surface area (Å²) >= 11 is 0. The van der Waals surface area contributed by atoms with Crippen LogP contribution in [-0.2, 0) is 0 Å². The van der Waals surface area contributed by atoms with Crippen molar-refractivity contribution in [2.24, 2.45) is 0 Å². The van der Waals surface area contributed by atoms with Crippen LogP contribution >= 0.6 is 0 Å². The highest BCUT2D eigenvalue weighted by atomic mass is 19.1. The molecule has 0 heterocycles. The number of aryl methyl sites for hydroxylation is 1. The van der Waals surface area contributed by atoms with Crippen LogP contribution in [0, 0.1) is 12.7 Å². The molecule has 17 heavy (non-hydrogen) atoms. The molecular weight excluding hydrogens is 219 g/mol. The molecule has 4 heteroatoms. The summed E-state index contributed by atoms with van der Waals surface area (Å²) in [6.45, 7) is 3.58. The second-order valence-electron chi connectivity index (χ2n) is 5.07. The van der Waals surface area contributed by atoms with Crippen LogP contribution < -0.4 is 11.1 Å². The smallest absolute Gasteiger partial charge is 0.254 e. The first kappa shape index (κ1) is 11.9. The van der Waals surface area contributed by atoms with Gasteiger partial charge in [-0.25, -0.2) is 4.39 Å². The Labute approximate surface area is 100 Å². The number of carbonyl (C=O) groups is 1. The highest BCUT2D eigenvalue weighted by molar-refractivity contribution is 5.96. The molecule has 0 saturated heterocycles. The monoisotopic (exact) mass is 236 g/mol. The van der Waals surface area contributed by atoms with Gasteiger partial charge in [-0.15, -0.1) is 0 Å². The lowest BCUT2D eigenvalue weighted by Gasteiger charge is -2.39. The van der Waals surface area contributed by atoms with Gasteiger partial charge in [-0.3, -0.25) is 4.79 Å². The van der Waals surface area contributed by atoms with Crippen molar-refractivity contribution < 1.29 is 9.18 Å². The lowest BCUT2D eigenvalue weighted by atomic mass is 9.78. The molecule has 0 bridgehead atoms. The maximum atomic E-state index is 13.8. The summed E-state index contributed by atoms with van der Waals surface area (Å²) in [5.41, 5.74) is 6.30. The van der Waals surface area contributed by atoms with Gasteiger partial charge in [-0.2, -0.15) is 0 Å². The summed E-state index contributed by atoms with van der Waals surface area (Å²) in [7, 11) is 0. The quantitative estimate of drug-likeness (QED) is 0.775. The second-order valence-corrected chi connectivity index (χ2v) is 5.07. The van der Waals surface area contributed by atoms with Crippen molar-refractivity contribution in [1.29, 1.82) is 0 Å². The number of hydrogen-bond acceptors (Lipinski definition) is 2. The number of hydrogen-bond donors (Lipinski definition) is 2. The Morgan fingerprint density at radius 3 is 2.65 bits per heavy atom. The second kappa shape index (κ2) is 4.02. The van der Waals surface area contributed by atoms with Crippen molar-refractivity contribution in [3.8, 4) is 0 Å². The summed E-state index contributed by atoms with van der Waals surface area (Å²) in [5, 5.41) is 2.87. The predicted octanol–water partition coefficient (Wildman–Crippen LogP) is 2.39. The van der Waals surface area contributed by atoms with Crippen molar-refractivity contribution >= 4 is 11.6 Å². The van der Waals surface area contributed by atoms with Gasteiger partial charge in [0.1, 0.15) is 5.82 Å². The zero-order valence-electron chi connectivity index (χ0n) is 10.1. The van der Waals surface area contributed by atoms with Crippen LogP contribution in [0.1, 0.15) is 42.1 Å². The number of nitrogen functional groups attached to an aromatic ring is 1. The Balaban J connectivity index is 2.24. The molecular formula is C13H17FN2O. The third-order valence-corrected chi connectivity index (χ3v) is 3.39. The SMILES string of the molecule is Cc1cc(N)cc(C(=O)NC2(C)CCC2)c1F. The molecule has 0 radical (unpaired) electrons. The molecule has 0 aliphatic heterocycles. The van der Waals surface area contributed by atoms with Crippen LogP contribution in [0.4, 0.5) is 10.1 Å². The van der Waals surface area contributed by atoms with Gasteiger partial charge in [0.15, 0.2) is 0 Å². The molecule has 0 unspecified atom stereocenters. The Morgan fingerprint density at radius 1 is 1.47 bits per heavy atom. The van der Waals surface area contributed by atoms with Gasteiger partial charge in [0.05, 0.1) is 5.56 Å². The van der Waals surface area contributed by atoms with Gasteiger partial charge in [0, 0.05) is 11.2 Å². The van der Waals surface area contributed by atoms with E-state index in [0.29, 0.717) is 11.3 Å². The molecule has 1 amide bonds. The van der Waals surface area contributed by atoms with Crippen molar-refractivity contribution in [1.82, 2.24) is 5.32 Å². The number of rotatable bonds is 2. The third-order valence-electron chi connectivity index (χ3n) is 3.39. The molecule has 3 nitrogen and oxygen atoms in total. The molecule has 1 saturated carbocycles. The van der Waals surface area contributed by atoms with E-state index >= 15 is 0 Å². The number of nitrogens with one attached hydrogen (secondary N) is 1. The Hall–Kier alpha value is -1.58. The van der Waals surface area contributed by atoms with E-state index < -0.39 is 5.82 Å². The van der Waals surface area contributed by atoms with Crippen LogP contribution in [0.3, 0.4) is 0 Å². The molecule has 3 N–H and O–H groups in total. The normalized spacial score (nSPS) is 17.4. The highest BCUT2D eigenvalue weighted by Gasteiger charge is 2.34.